The zero-order chi connectivity index (χ0) is 17.9. The van der Waals surface area contributed by atoms with Crippen LogP contribution in [0, 0.1) is 17.3 Å². The van der Waals surface area contributed by atoms with Crippen molar-refractivity contribution < 1.29 is 14.3 Å². The van der Waals surface area contributed by atoms with E-state index in [0.717, 1.165) is 12.3 Å². The van der Waals surface area contributed by atoms with Gasteiger partial charge in [0.2, 0.25) is 0 Å². The van der Waals surface area contributed by atoms with Crippen molar-refractivity contribution in [3.63, 3.8) is 0 Å². The van der Waals surface area contributed by atoms with Gasteiger partial charge < -0.3 is 9.47 Å². The molecule has 22 heavy (non-hydrogen) atoms. The van der Waals surface area contributed by atoms with Gasteiger partial charge in [0.25, 0.3) is 0 Å². The molecule has 0 bridgehead atoms. The molecule has 1 aliphatic rings. The summed E-state index contributed by atoms with van der Waals surface area (Å²) in [5.41, 5.74) is 0.542. The molecule has 1 saturated heterocycles. The van der Waals surface area contributed by atoms with Gasteiger partial charge in [0.15, 0.2) is 0 Å². The fraction of sp³-hybridized carbons (Fsp3) is 0.947. The Balaban J connectivity index is 0. The lowest BCUT2D eigenvalue weighted by atomic mass is 9.94. The third-order valence-electron chi connectivity index (χ3n) is 4.06. The molecule has 0 aromatic rings. The van der Waals surface area contributed by atoms with Gasteiger partial charge >= 0.3 is 6.16 Å². The van der Waals surface area contributed by atoms with Gasteiger partial charge in [-0.25, -0.2) is 4.79 Å². The van der Waals surface area contributed by atoms with Gasteiger partial charge in [-0.2, -0.15) is 0 Å². The van der Waals surface area contributed by atoms with Crippen LogP contribution in [0.4, 0.5) is 4.79 Å². The van der Waals surface area contributed by atoms with Crippen molar-refractivity contribution in [1.29, 1.82) is 0 Å². The quantitative estimate of drug-likeness (QED) is 0.561. The van der Waals surface area contributed by atoms with E-state index in [-0.39, 0.29) is 12.2 Å². The number of carbonyl (C=O) groups excluding carboxylic acids is 1. The van der Waals surface area contributed by atoms with E-state index in [9.17, 15) is 4.79 Å². The van der Waals surface area contributed by atoms with Crippen molar-refractivity contribution in [2.75, 3.05) is 0 Å². The van der Waals surface area contributed by atoms with E-state index in [0.29, 0.717) is 11.3 Å². The summed E-state index contributed by atoms with van der Waals surface area (Å²) in [4.78, 5) is 10.6. The van der Waals surface area contributed by atoms with Gasteiger partial charge in [0, 0.05) is 0 Å². The molecule has 0 aromatic carbocycles. The highest BCUT2D eigenvalue weighted by atomic mass is 16.8. The molecular formula is C19H40O3. The predicted molar refractivity (Wildman–Crippen MR) is 95.1 cm³/mol. The van der Waals surface area contributed by atoms with Gasteiger partial charge in [0.05, 0.1) is 0 Å². The molecule has 0 radical (unpaired) electrons. The summed E-state index contributed by atoms with van der Waals surface area (Å²) in [7, 11) is 0. The standard InChI is InChI=1S/C8H14O3.C6H14.C5H12/c1-4-5(2)7-6(3)10-8(9)11-7;1-5-6(2,3)4;1-4-5(2)3/h5-7H,4H2,1-3H3;5H2,1-4H3;5H,4H2,1-3H3. The first-order valence-electron chi connectivity index (χ1n) is 8.85. The third-order valence-corrected chi connectivity index (χ3v) is 4.06. The zero-order valence-corrected chi connectivity index (χ0v) is 16.7. The molecule has 1 fully saturated rings. The SMILES string of the molecule is CCC(C)(C)C.CCC(C)C.CCC(C)C1OC(=O)OC1C. The molecule has 0 aliphatic carbocycles. The monoisotopic (exact) mass is 316 g/mol. The van der Waals surface area contributed by atoms with Gasteiger partial charge in [-0.1, -0.05) is 75.2 Å². The fourth-order valence-electron chi connectivity index (χ4n) is 1.26. The molecule has 3 atom stereocenters. The number of carbonyl (C=O) groups is 1. The van der Waals surface area contributed by atoms with Crippen LogP contribution >= 0.6 is 0 Å². The van der Waals surface area contributed by atoms with Gasteiger partial charge in [-0.05, 0) is 30.6 Å². The number of rotatable bonds is 3. The Bertz CT molecular complexity index is 279. The summed E-state index contributed by atoms with van der Waals surface area (Å²) in [5, 5.41) is 0. The Labute approximate surface area is 139 Å². The molecule has 0 amide bonds. The van der Waals surface area contributed by atoms with E-state index in [1.807, 2.05) is 6.92 Å². The van der Waals surface area contributed by atoms with Crippen LogP contribution in [0.2, 0.25) is 0 Å². The van der Waals surface area contributed by atoms with Crippen LogP contribution in [0.25, 0.3) is 0 Å². The third kappa shape index (κ3) is 13.0. The average molecular weight is 317 g/mol. The Hall–Kier alpha value is -0.730. The molecule has 3 heteroatoms. The largest absolute Gasteiger partial charge is 0.509 e. The first kappa shape index (κ1) is 23.5. The van der Waals surface area contributed by atoms with Crippen LogP contribution < -0.4 is 0 Å². The van der Waals surface area contributed by atoms with Crippen molar-refractivity contribution in [3.8, 4) is 0 Å². The molecular weight excluding hydrogens is 276 g/mol. The van der Waals surface area contributed by atoms with Crippen LogP contribution in [-0.4, -0.2) is 18.4 Å². The second-order valence-corrected chi connectivity index (χ2v) is 7.76. The van der Waals surface area contributed by atoms with E-state index in [1.54, 1.807) is 0 Å². The smallest absolute Gasteiger partial charge is 0.427 e. The van der Waals surface area contributed by atoms with Gasteiger partial charge in [-0.15, -0.1) is 0 Å². The average Bonchev–Trinajstić information content (AvgIpc) is 2.77. The van der Waals surface area contributed by atoms with Gasteiger partial charge in [0.1, 0.15) is 12.2 Å². The number of hydrogen-bond donors (Lipinski definition) is 0. The van der Waals surface area contributed by atoms with E-state index in [2.05, 4.69) is 62.3 Å². The van der Waals surface area contributed by atoms with Gasteiger partial charge in [-0.3, -0.25) is 0 Å². The lowest BCUT2D eigenvalue weighted by molar-refractivity contribution is 0.0973. The highest BCUT2D eigenvalue weighted by Crippen LogP contribution is 2.23. The first-order chi connectivity index (χ1) is 9.98. The molecule has 3 unspecified atom stereocenters. The summed E-state index contributed by atoms with van der Waals surface area (Å²) >= 11 is 0. The van der Waals surface area contributed by atoms with Crippen molar-refractivity contribution >= 4 is 6.16 Å². The predicted octanol–water partition coefficient (Wildman–Crippen LogP) is 6.45. The zero-order valence-electron chi connectivity index (χ0n) is 16.7. The minimum atomic E-state index is -0.525. The molecule has 0 N–H and O–H groups in total. The fourth-order valence-corrected chi connectivity index (χ4v) is 1.26. The summed E-state index contributed by atoms with van der Waals surface area (Å²) in [6.07, 6.45) is 2.92. The summed E-state index contributed by atoms with van der Waals surface area (Å²) in [6.45, 7) is 21.6. The molecule has 1 heterocycles. The van der Waals surface area contributed by atoms with Crippen LogP contribution in [0.15, 0.2) is 0 Å². The Morgan fingerprint density at radius 1 is 1.00 bits per heavy atom. The van der Waals surface area contributed by atoms with Crippen LogP contribution in [0.5, 0.6) is 0 Å². The van der Waals surface area contributed by atoms with Crippen LogP contribution in [0.3, 0.4) is 0 Å². The minimum absolute atomic E-state index is 0.0486. The molecule has 3 nitrogen and oxygen atoms in total. The summed E-state index contributed by atoms with van der Waals surface area (Å²) < 4.78 is 9.80. The van der Waals surface area contributed by atoms with E-state index < -0.39 is 6.16 Å². The molecule has 1 rings (SSSR count). The Morgan fingerprint density at radius 3 is 1.59 bits per heavy atom. The topological polar surface area (TPSA) is 35.5 Å². The maximum Gasteiger partial charge on any atom is 0.509 e. The molecule has 134 valence electrons. The van der Waals surface area contributed by atoms with Crippen molar-refractivity contribution in [2.24, 2.45) is 17.3 Å². The maximum atomic E-state index is 10.6. The number of ether oxygens (including phenoxy) is 2. The summed E-state index contributed by atoms with van der Waals surface area (Å²) in [5.74, 6) is 1.27. The number of cyclic esters (lactones) is 2. The van der Waals surface area contributed by atoms with Crippen molar-refractivity contribution in [2.45, 2.75) is 101 Å². The van der Waals surface area contributed by atoms with E-state index >= 15 is 0 Å². The molecule has 0 spiro atoms. The summed E-state index contributed by atoms with van der Waals surface area (Å²) in [6, 6.07) is 0. The molecule has 1 aliphatic heterocycles. The highest BCUT2D eigenvalue weighted by molar-refractivity contribution is 5.62. The minimum Gasteiger partial charge on any atom is -0.427 e. The van der Waals surface area contributed by atoms with Crippen molar-refractivity contribution in [3.05, 3.63) is 0 Å². The number of hydrogen-bond acceptors (Lipinski definition) is 3. The molecule has 0 saturated carbocycles. The van der Waals surface area contributed by atoms with E-state index in [4.69, 9.17) is 9.47 Å². The highest BCUT2D eigenvalue weighted by Gasteiger charge is 2.36. The molecule has 0 aromatic heterocycles. The normalized spacial score (nSPS) is 21.9. The second-order valence-electron chi connectivity index (χ2n) is 7.76. The van der Waals surface area contributed by atoms with E-state index in [1.165, 1.54) is 12.8 Å². The van der Waals surface area contributed by atoms with Crippen LogP contribution in [0.1, 0.15) is 88.5 Å². The lowest BCUT2D eigenvalue weighted by Gasteiger charge is -2.16. The Morgan fingerprint density at radius 2 is 1.41 bits per heavy atom. The van der Waals surface area contributed by atoms with Crippen LogP contribution in [-0.2, 0) is 9.47 Å². The lowest BCUT2D eigenvalue weighted by Crippen LogP contribution is -2.26. The Kier molecular flexibility index (Phi) is 12.6. The van der Waals surface area contributed by atoms with Crippen molar-refractivity contribution in [1.82, 2.24) is 0 Å². The maximum absolute atomic E-state index is 10.6. The first-order valence-corrected chi connectivity index (χ1v) is 8.85. The second kappa shape index (κ2) is 11.8.